The average molecular weight is 450 g/mol. The van der Waals surface area contributed by atoms with Gasteiger partial charge in [-0.05, 0) is 51.1 Å². The van der Waals surface area contributed by atoms with Crippen molar-refractivity contribution < 1.29 is 22.9 Å². The molecule has 1 fully saturated rings. The van der Waals surface area contributed by atoms with Gasteiger partial charge >= 0.3 is 0 Å². The second-order valence-corrected chi connectivity index (χ2v) is 9.01. The number of benzene rings is 1. The molecule has 31 heavy (non-hydrogen) atoms. The summed E-state index contributed by atoms with van der Waals surface area (Å²) in [6.45, 7) is 6.59. The minimum atomic E-state index is -1.37. The molecule has 0 saturated carbocycles. The predicted molar refractivity (Wildman–Crippen MR) is 120 cm³/mol. The van der Waals surface area contributed by atoms with E-state index < -0.39 is 10.8 Å². The van der Waals surface area contributed by atoms with Gasteiger partial charge in [-0.15, -0.1) is 0 Å². The lowest BCUT2D eigenvalue weighted by Gasteiger charge is -2.22. The van der Waals surface area contributed by atoms with Crippen molar-refractivity contribution in [1.82, 2.24) is 15.2 Å². The Labute approximate surface area is 185 Å². The van der Waals surface area contributed by atoms with Crippen LogP contribution in [0.3, 0.4) is 0 Å². The number of methoxy groups -OCH3 is 2. The molecule has 1 amide bonds. The van der Waals surface area contributed by atoms with Crippen LogP contribution in [-0.2, 0) is 21.3 Å². The number of carbonyl (C=O) groups excluding carboxylic acids is 1. The van der Waals surface area contributed by atoms with Crippen LogP contribution >= 0.6 is 0 Å². The lowest BCUT2D eigenvalue weighted by Crippen LogP contribution is -2.41. The number of carbonyl (C=O) groups is 1. The summed E-state index contributed by atoms with van der Waals surface area (Å²) in [4.78, 5) is 19.1. The summed E-state index contributed by atoms with van der Waals surface area (Å²) in [5, 5.41) is 2.93. The molecule has 2 unspecified atom stereocenters. The molecule has 170 valence electrons. The number of aryl methyl sites for hydroxylation is 1. The summed E-state index contributed by atoms with van der Waals surface area (Å²) in [6.07, 6.45) is 2.25. The maximum Gasteiger partial charge on any atom is 0.232 e. The number of hydrogen-bond acceptors (Lipinski definition) is 7. The van der Waals surface area contributed by atoms with Gasteiger partial charge in [0.1, 0.15) is 11.5 Å². The molecule has 0 spiro atoms. The number of aromatic nitrogens is 1. The Morgan fingerprint density at radius 3 is 2.81 bits per heavy atom. The van der Waals surface area contributed by atoms with Crippen LogP contribution in [0.25, 0.3) is 11.5 Å². The number of hydrogen-bond donors (Lipinski definition) is 1. The first kappa shape index (κ1) is 23.3. The number of nitrogens with one attached hydrogen (secondary N) is 1. The van der Waals surface area contributed by atoms with Crippen LogP contribution < -0.4 is 14.8 Å². The fourth-order valence-electron chi connectivity index (χ4n) is 3.83. The van der Waals surface area contributed by atoms with E-state index in [0.717, 1.165) is 31.5 Å². The van der Waals surface area contributed by atoms with Gasteiger partial charge in [-0.2, -0.15) is 0 Å². The van der Waals surface area contributed by atoms with Crippen LogP contribution in [-0.4, -0.2) is 65.6 Å². The van der Waals surface area contributed by atoms with Gasteiger partial charge in [0.2, 0.25) is 11.8 Å². The van der Waals surface area contributed by atoms with Crippen molar-refractivity contribution in [2.45, 2.75) is 38.5 Å². The molecule has 1 saturated heterocycles. The summed E-state index contributed by atoms with van der Waals surface area (Å²) in [7, 11) is 1.77. The highest BCUT2D eigenvalue weighted by molar-refractivity contribution is 7.84. The fraction of sp³-hybridized carbons (Fsp3) is 0.545. The maximum atomic E-state index is 12.5. The van der Waals surface area contributed by atoms with E-state index >= 15 is 0 Å². The fourth-order valence-corrected chi connectivity index (χ4v) is 4.90. The van der Waals surface area contributed by atoms with Crippen molar-refractivity contribution in [2.24, 2.45) is 0 Å². The van der Waals surface area contributed by atoms with Crippen LogP contribution in [0.1, 0.15) is 31.2 Å². The van der Waals surface area contributed by atoms with Crippen LogP contribution in [0.4, 0.5) is 0 Å². The van der Waals surface area contributed by atoms with Crippen molar-refractivity contribution in [3.8, 4) is 23.0 Å². The summed E-state index contributed by atoms with van der Waals surface area (Å²) < 4.78 is 28.9. The molecule has 8 nitrogen and oxygen atoms in total. The van der Waals surface area contributed by atoms with Crippen molar-refractivity contribution >= 4 is 16.7 Å². The molecule has 1 aromatic carbocycles. The van der Waals surface area contributed by atoms with Crippen molar-refractivity contribution in [3.63, 3.8) is 0 Å². The molecular formula is C22H31N3O5S. The quantitative estimate of drug-likeness (QED) is 0.596. The first-order valence-corrected chi connectivity index (χ1v) is 12.0. The second kappa shape index (κ2) is 10.8. The predicted octanol–water partition coefficient (Wildman–Crippen LogP) is 2.52. The van der Waals surface area contributed by atoms with Crippen LogP contribution in [0.5, 0.6) is 11.5 Å². The number of rotatable bonds is 10. The Balaban J connectivity index is 1.57. The molecule has 0 aliphatic carbocycles. The summed E-state index contributed by atoms with van der Waals surface area (Å²) in [5.41, 5.74) is 1.32. The Kier molecular flexibility index (Phi) is 8.09. The third-order valence-corrected chi connectivity index (χ3v) is 6.73. The summed E-state index contributed by atoms with van der Waals surface area (Å²) in [6, 6.07) is 5.76. The summed E-state index contributed by atoms with van der Waals surface area (Å²) >= 11 is 0. The average Bonchev–Trinajstić information content (AvgIpc) is 3.37. The largest absolute Gasteiger partial charge is 0.493 e. The van der Waals surface area contributed by atoms with E-state index in [1.165, 1.54) is 0 Å². The molecule has 2 atom stereocenters. The van der Waals surface area contributed by atoms with E-state index in [4.69, 9.17) is 13.9 Å². The molecule has 1 aliphatic rings. The smallest absolute Gasteiger partial charge is 0.232 e. The van der Waals surface area contributed by atoms with Crippen LogP contribution in [0.15, 0.2) is 22.6 Å². The van der Waals surface area contributed by atoms with Crippen molar-refractivity contribution in [2.75, 3.05) is 39.6 Å². The highest BCUT2D eigenvalue weighted by Gasteiger charge is 2.23. The van der Waals surface area contributed by atoms with Crippen LogP contribution in [0, 0.1) is 6.92 Å². The number of ether oxygens (including phenoxy) is 2. The topological polar surface area (TPSA) is 93.9 Å². The summed E-state index contributed by atoms with van der Waals surface area (Å²) in [5.74, 6) is 2.11. The molecule has 2 heterocycles. The van der Waals surface area contributed by atoms with Gasteiger partial charge in [0.05, 0.1) is 25.7 Å². The Bertz CT molecular complexity index is 930. The number of likely N-dealkylation sites (tertiary alicyclic amines) is 1. The van der Waals surface area contributed by atoms with Gasteiger partial charge in [0.25, 0.3) is 0 Å². The third kappa shape index (κ3) is 5.86. The van der Waals surface area contributed by atoms with E-state index in [9.17, 15) is 9.00 Å². The molecular weight excluding hydrogens is 418 g/mol. The molecule has 1 aromatic heterocycles. The van der Waals surface area contributed by atoms with Gasteiger partial charge < -0.3 is 19.2 Å². The molecule has 1 N–H and O–H groups in total. The van der Waals surface area contributed by atoms with E-state index in [0.29, 0.717) is 41.4 Å². The van der Waals surface area contributed by atoms with E-state index in [1.807, 2.05) is 6.07 Å². The highest BCUT2D eigenvalue weighted by atomic mass is 32.2. The Hall–Kier alpha value is -2.39. The third-order valence-electron chi connectivity index (χ3n) is 5.55. The maximum absolute atomic E-state index is 12.5. The number of oxazole rings is 1. The van der Waals surface area contributed by atoms with Gasteiger partial charge in [0, 0.05) is 28.9 Å². The van der Waals surface area contributed by atoms with Gasteiger partial charge in [0.15, 0.2) is 11.5 Å². The monoisotopic (exact) mass is 449 g/mol. The van der Waals surface area contributed by atoms with Crippen LogP contribution in [0.2, 0.25) is 0 Å². The lowest BCUT2D eigenvalue weighted by atomic mass is 10.2. The van der Waals surface area contributed by atoms with Crippen molar-refractivity contribution in [1.29, 1.82) is 0 Å². The zero-order valence-electron chi connectivity index (χ0n) is 18.6. The first-order chi connectivity index (χ1) is 14.9. The number of nitrogens with zero attached hydrogens (tertiary/aromatic N) is 2. The minimum Gasteiger partial charge on any atom is -0.493 e. The molecule has 0 radical (unpaired) electrons. The second-order valence-electron chi connectivity index (χ2n) is 7.55. The van der Waals surface area contributed by atoms with Gasteiger partial charge in [-0.3, -0.25) is 13.9 Å². The van der Waals surface area contributed by atoms with E-state index in [2.05, 4.69) is 22.1 Å². The Morgan fingerprint density at radius 1 is 1.32 bits per heavy atom. The van der Waals surface area contributed by atoms with E-state index in [1.54, 1.807) is 33.3 Å². The van der Waals surface area contributed by atoms with Gasteiger partial charge in [-0.1, -0.05) is 6.92 Å². The molecule has 2 aromatic rings. The minimum absolute atomic E-state index is 0.0448. The highest BCUT2D eigenvalue weighted by Crippen LogP contribution is 2.32. The normalized spacial score (nSPS) is 17.5. The number of amides is 1. The molecule has 1 aliphatic heterocycles. The molecule has 3 rings (SSSR count). The SMILES string of the molecule is CCN1CCCC1CNC(=O)CS(=O)Cc1nc(-c2ccc(OC)c(OC)c2)oc1C. The zero-order valence-corrected chi connectivity index (χ0v) is 19.4. The zero-order chi connectivity index (χ0) is 22.4. The van der Waals surface area contributed by atoms with Crippen molar-refractivity contribution in [3.05, 3.63) is 29.7 Å². The van der Waals surface area contributed by atoms with E-state index in [-0.39, 0.29) is 17.4 Å². The number of likely N-dealkylation sites (N-methyl/N-ethyl adjacent to an activating group) is 1. The Morgan fingerprint density at radius 2 is 2.10 bits per heavy atom. The first-order valence-electron chi connectivity index (χ1n) is 10.5. The lowest BCUT2D eigenvalue weighted by molar-refractivity contribution is -0.118. The standard InChI is InChI=1S/C22H31N3O5S/c1-5-25-10-6-7-17(25)12-23-21(26)14-31(27)13-18-15(2)30-22(24-18)16-8-9-19(28-3)20(11-16)29-4/h8-9,11,17H,5-7,10,12-14H2,1-4H3,(H,23,26). The van der Waals surface area contributed by atoms with Gasteiger partial charge in [-0.25, -0.2) is 4.98 Å². The molecule has 0 bridgehead atoms. The molecule has 9 heteroatoms.